The van der Waals surface area contributed by atoms with E-state index in [1.54, 1.807) is 6.20 Å². The summed E-state index contributed by atoms with van der Waals surface area (Å²) in [7, 11) is 0. The normalized spacial score (nSPS) is 12.0. The van der Waals surface area contributed by atoms with Gasteiger partial charge in [-0.25, -0.2) is 15.0 Å². The first-order chi connectivity index (χ1) is 12.4. The number of thiazole rings is 1. The average molecular weight is 516 g/mol. The van der Waals surface area contributed by atoms with Crippen LogP contribution < -0.4 is 10.6 Å². The molecule has 0 amide bonds. The van der Waals surface area contributed by atoms with Crippen LogP contribution in [-0.4, -0.2) is 33.6 Å². The van der Waals surface area contributed by atoms with Gasteiger partial charge in [-0.3, -0.25) is 0 Å². The molecule has 0 radical (unpaired) electrons. The number of aryl methyl sites for hydroxylation is 2. The Morgan fingerprint density at radius 2 is 2.07 bits per heavy atom. The molecule has 0 spiro atoms. The highest BCUT2D eigenvalue weighted by molar-refractivity contribution is 14.0. The molecule has 2 aromatic heterocycles. The van der Waals surface area contributed by atoms with Gasteiger partial charge in [-0.2, -0.15) is 13.2 Å². The Labute approximate surface area is 177 Å². The molecule has 0 aliphatic rings. The van der Waals surface area contributed by atoms with Crippen molar-refractivity contribution < 1.29 is 13.2 Å². The first kappa shape index (κ1) is 23.7. The number of unbranched alkanes of at least 4 members (excludes halogenated alkanes) is 1. The minimum Gasteiger partial charge on any atom is -0.357 e. The Kier molecular flexibility index (Phi) is 10.1. The second-order valence-corrected chi connectivity index (χ2v) is 6.56. The Morgan fingerprint density at radius 1 is 1.30 bits per heavy atom. The summed E-state index contributed by atoms with van der Waals surface area (Å²) in [4.78, 5) is 12.1. The predicted octanol–water partition coefficient (Wildman–Crippen LogP) is 3.82. The zero-order valence-corrected chi connectivity index (χ0v) is 18.4. The van der Waals surface area contributed by atoms with E-state index in [1.165, 1.54) is 0 Å². The third-order valence-electron chi connectivity index (χ3n) is 3.60. The molecule has 0 aliphatic carbocycles. The summed E-state index contributed by atoms with van der Waals surface area (Å²) < 4.78 is 39.8. The molecule has 0 atom stereocenters. The van der Waals surface area contributed by atoms with Crippen molar-refractivity contribution in [1.82, 2.24) is 25.2 Å². The topological polar surface area (TPSA) is 67.1 Å². The van der Waals surface area contributed by atoms with Crippen LogP contribution in [0.4, 0.5) is 13.2 Å². The number of hydrogen-bond donors (Lipinski definition) is 2. The zero-order chi connectivity index (χ0) is 19.0. The van der Waals surface area contributed by atoms with Crippen LogP contribution in [0.15, 0.2) is 22.8 Å². The second kappa shape index (κ2) is 11.5. The maximum atomic E-state index is 12.6. The Morgan fingerprint density at radius 3 is 2.67 bits per heavy atom. The number of alkyl halides is 3. The third-order valence-corrected chi connectivity index (χ3v) is 4.43. The van der Waals surface area contributed by atoms with Crippen LogP contribution in [0.5, 0.6) is 0 Å². The van der Waals surface area contributed by atoms with Crippen LogP contribution in [0.2, 0.25) is 0 Å². The molecule has 0 aromatic carbocycles. The summed E-state index contributed by atoms with van der Waals surface area (Å²) >= 11 is 0.966. The van der Waals surface area contributed by atoms with E-state index in [9.17, 15) is 13.2 Å². The molecule has 0 saturated heterocycles. The standard InChI is InChI=1S/C16H23F3N6S.HI/c1-3-20-15(22-6-4-5-8-25-9-7-21-12(25)2)23-10-14-24-13(11-26-14)16(17,18)19;/h7,9,11H,3-6,8,10H2,1-2H3,(H2,20,22,23);1H. The monoisotopic (exact) mass is 516 g/mol. The van der Waals surface area contributed by atoms with Crippen LogP contribution >= 0.6 is 35.3 Å². The molecule has 0 aliphatic heterocycles. The minimum absolute atomic E-state index is 0. The van der Waals surface area contributed by atoms with Gasteiger partial charge in [-0.1, -0.05) is 0 Å². The lowest BCUT2D eigenvalue weighted by atomic mass is 10.3. The number of nitrogens with one attached hydrogen (secondary N) is 2. The largest absolute Gasteiger partial charge is 0.434 e. The van der Waals surface area contributed by atoms with Gasteiger partial charge in [0, 0.05) is 37.4 Å². The van der Waals surface area contributed by atoms with Crippen molar-refractivity contribution in [1.29, 1.82) is 0 Å². The number of aliphatic imine (C=N–C) groups is 1. The molecule has 2 heterocycles. The summed E-state index contributed by atoms with van der Waals surface area (Å²) in [6.07, 6.45) is 1.27. The van der Waals surface area contributed by atoms with Crippen molar-refractivity contribution in [3.05, 3.63) is 34.3 Å². The Bertz CT molecular complexity index is 713. The number of rotatable bonds is 8. The molecule has 2 rings (SSSR count). The fourth-order valence-corrected chi connectivity index (χ4v) is 2.98. The molecular formula is C16H24F3IN6S. The van der Waals surface area contributed by atoms with E-state index in [-0.39, 0.29) is 30.5 Å². The van der Waals surface area contributed by atoms with Crippen molar-refractivity contribution in [3.8, 4) is 0 Å². The highest BCUT2D eigenvalue weighted by atomic mass is 127. The van der Waals surface area contributed by atoms with Gasteiger partial charge in [0.25, 0.3) is 0 Å². The van der Waals surface area contributed by atoms with Crippen LogP contribution in [0.1, 0.15) is 36.3 Å². The smallest absolute Gasteiger partial charge is 0.357 e. The fourth-order valence-electron chi connectivity index (χ4n) is 2.26. The number of halogens is 4. The van der Waals surface area contributed by atoms with Crippen molar-refractivity contribution in [3.63, 3.8) is 0 Å². The molecular weight excluding hydrogens is 492 g/mol. The lowest BCUT2D eigenvalue weighted by Crippen LogP contribution is -2.37. The van der Waals surface area contributed by atoms with Crippen molar-refractivity contribution in [2.75, 3.05) is 13.1 Å². The second-order valence-electron chi connectivity index (χ2n) is 5.62. The zero-order valence-electron chi connectivity index (χ0n) is 15.2. The van der Waals surface area contributed by atoms with Crippen LogP contribution in [0.25, 0.3) is 0 Å². The molecule has 0 unspecified atom stereocenters. The summed E-state index contributed by atoms with van der Waals surface area (Å²) in [6, 6.07) is 0. The summed E-state index contributed by atoms with van der Waals surface area (Å²) in [6.45, 7) is 6.32. The summed E-state index contributed by atoms with van der Waals surface area (Å²) in [5, 5.41) is 7.63. The lowest BCUT2D eigenvalue weighted by molar-refractivity contribution is -0.140. The number of hydrogen-bond acceptors (Lipinski definition) is 4. The van der Waals surface area contributed by atoms with E-state index in [0.717, 1.165) is 48.5 Å². The quantitative estimate of drug-likeness (QED) is 0.243. The van der Waals surface area contributed by atoms with Crippen LogP contribution in [0.3, 0.4) is 0 Å². The van der Waals surface area contributed by atoms with E-state index in [0.29, 0.717) is 17.5 Å². The molecule has 2 N–H and O–H groups in total. The van der Waals surface area contributed by atoms with Crippen LogP contribution in [-0.2, 0) is 19.3 Å². The fraction of sp³-hybridized carbons (Fsp3) is 0.562. The Hall–Kier alpha value is -1.37. The molecule has 2 aromatic rings. The lowest BCUT2D eigenvalue weighted by Gasteiger charge is -2.11. The van der Waals surface area contributed by atoms with Crippen molar-refractivity contribution >= 4 is 41.3 Å². The first-order valence-corrected chi connectivity index (χ1v) is 9.29. The predicted molar refractivity (Wildman–Crippen MR) is 112 cm³/mol. The summed E-state index contributed by atoms with van der Waals surface area (Å²) in [5.41, 5.74) is -0.861. The molecule has 6 nitrogen and oxygen atoms in total. The van der Waals surface area contributed by atoms with Gasteiger partial charge in [0.05, 0.1) is 6.54 Å². The number of nitrogens with zero attached hydrogens (tertiary/aromatic N) is 4. The van der Waals surface area contributed by atoms with Crippen molar-refractivity contribution in [2.45, 2.75) is 46.0 Å². The van der Waals surface area contributed by atoms with Gasteiger partial charge in [0.2, 0.25) is 0 Å². The van der Waals surface area contributed by atoms with Gasteiger partial charge in [0.1, 0.15) is 10.8 Å². The van der Waals surface area contributed by atoms with Gasteiger partial charge in [0.15, 0.2) is 11.7 Å². The maximum Gasteiger partial charge on any atom is 0.434 e. The van der Waals surface area contributed by atoms with Gasteiger partial charge in [-0.05, 0) is 26.7 Å². The van der Waals surface area contributed by atoms with E-state index in [4.69, 9.17) is 0 Å². The number of imidazole rings is 1. The third kappa shape index (κ3) is 8.03. The number of guanidine groups is 1. The average Bonchev–Trinajstić information content (AvgIpc) is 3.21. The molecule has 0 saturated carbocycles. The minimum atomic E-state index is -4.41. The van der Waals surface area contributed by atoms with Gasteiger partial charge >= 0.3 is 6.18 Å². The van der Waals surface area contributed by atoms with E-state index >= 15 is 0 Å². The van der Waals surface area contributed by atoms with Gasteiger partial charge in [-0.15, -0.1) is 35.3 Å². The summed E-state index contributed by atoms with van der Waals surface area (Å²) in [5.74, 6) is 1.57. The first-order valence-electron chi connectivity index (χ1n) is 8.41. The van der Waals surface area contributed by atoms with E-state index < -0.39 is 11.9 Å². The van der Waals surface area contributed by atoms with Crippen LogP contribution in [0, 0.1) is 6.92 Å². The maximum absolute atomic E-state index is 12.6. The highest BCUT2D eigenvalue weighted by Crippen LogP contribution is 2.30. The van der Waals surface area contributed by atoms with Gasteiger partial charge < -0.3 is 15.2 Å². The molecule has 0 bridgehead atoms. The molecule has 152 valence electrons. The number of aromatic nitrogens is 3. The highest BCUT2D eigenvalue weighted by Gasteiger charge is 2.33. The van der Waals surface area contributed by atoms with E-state index in [1.807, 2.05) is 20.0 Å². The SMILES string of the molecule is CCNC(=NCc1nc(C(F)(F)F)cs1)NCCCCn1ccnc1C.I. The molecule has 27 heavy (non-hydrogen) atoms. The Balaban J connectivity index is 0.00000364. The molecule has 11 heteroatoms. The molecule has 0 fully saturated rings. The van der Waals surface area contributed by atoms with Crippen molar-refractivity contribution in [2.24, 2.45) is 4.99 Å². The van der Waals surface area contributed by atoms with E-state index in [2.05, 4.69) is 30.2 Å².